The van der Waals surface area contributed by atoms with Crippen molar-refractivity contribution < 1.29 is 9.59 Å². The van der Waals surface area contributed by atoms with Crippen LogP contribution in [-0.4, -0.2) is 39.1 Å². The summed E-state index contributed by atoms with van der Waals surface area (Å²) in [5, 5.41) is 11.8. The van der Waals surface area contributed by atoms with Gasteiger partial charge >= 0.3 is 0 Å². The first-order valence-corrected chi connectivity index (χ1v) is 6.34. The minimum atomic E-state index is -0.629. The summed E-state index contributed by atoms with van der Waals surface area (Å²) in [6.07, 6.45) is 0. The molecule has 1 rings (SSSR count). The van der Waals surface area contributed by atoms with Crippen molar-refractivity contribution in [2.45, 2.75) is 52.6 Å². The molecule has 106 valence electrons. The lowest BCUT2D eigenvalue weighted by molar-refractivity contribution is -0.123. The van der Waals surface area contributed by atoms with Gasteiger partial charge in [-0.2, -0.15) is 0 Å². The maximum atomic E-state index is 11.8. The maximum absolute atomic E-state index is 11.8. The standard InChI is InChI=1S/C12H21N5O2/c1-6(2)9-15-10(17-16-9)12(19)14-8(5)11(18)13-7(3)4/h6-8H,1-5H3,(H,13,18)(H,14,19)(H,15,16,17). The molecule has 0 spiro atoms. The van der Waals surface area contributed by atoms with Gasteiger partial charge in [0.15, 0.2) is 0 Å². The van der Waals surface area contributed by atoms with Crippen molar-refractivity contribution in [3.05, 3.63) is 11.6 Å². The molecule has 1 atom stereocenters. The Morgan fingerprint density at radius 3 is 2.21 bits per heavy atom. The number of nitrogens with zero attached hydrogens (tertiary/aromatic N) is 2. The van der Waals surface area contributed by atoms with Gasteiger partial charge in [0, 0.05) is 12.0 Å². The van der Waals surface area contributed by atoms with E-state index in [1.807, 2.05) is 27.7 Å². The molecule has 7 nitrogen and oxygen atoms in total. The molecule has 1 heterocycles. The van der Waals surface area contributed by atoms with Gasteiger partial charge in [-0.3, -0.25) is 14.7 Å². The summed E-state index contributed by atoms with van der Waals surface area (Å²) < 4.78 is 0. The molecular weight excluding hydrogens is 246 g/mol. The molecule has 1 unspecified atom stereocenters. The highest BCUT2D eigenvalue weighted by Gasteiger charge is 2.20. The van der Waals surface area contributed by atoms with Crippen LogP contribution >= 0.6 is 0 Å². The zero-order valence-electron chi connectivity index (χ0n) is 11.9. The second-order valence-electron chi connectivity index (χ2n) is 5.06. The topological polar surface area (TPSA) is 99.8 Å². The molecule has 0 aliphatic carbocycles. The lowest BCUT2D eigenvalue weighted by atomic mass is 10.2. The molecule has 0 aromatic carbocycles. The Balaban J connectivity index is 2.61. The number of carbonyl (C=O) groups excluding carboxylic acids is 2. The number of rotatable bonds is 5. The largest absolute Gasteiger partial charge is 0.352 e. The van der Waals surface area contributed by atoms with Crippen LogP contribution in [0.25, 0.3) is 0 Å². The van der Waals surface area contributed by atoms with Gasteiger partial charge in [0.2, 0.25) is 11.7 Å². The molecule has 7 heteroatoms. The van der Waals surface area contributed by atoms with Crippen molar-refractivity contribution in [1.29, 1.82) is 0 Å². The molecule has 3 N–H and O–H groups in total. The Bertz CT molecular complexity index is 453. The van der Waals surface area contributed by atoms with E-state index >= 15 is 0 Å². The number of aromatic amines is 1. The number of H-pyrrole nitrogens is 1. The van der Waals surface area contributed by atoms with Gasteiger partial charge in [0.1, 0.15) is 11.9 Å². The van der Waals surface area contributed by atoms with Crippen LogP contribution in [0.1, 0.15) is 57.0 Å². The van der Waals surface area contributed by atoms with Crippen LogP contribution in [0.4, 0.5) is 0 Å². The van der Waals surface area contributed by atoms with E-state index in [0.717, 1.165) is 0 Å². The van der Waals surface area contributed by atoms with Crippen molar-refractivity contribution in [2.75, 3.05) is 0 Å². The van der Waals surface area contributed by atoms with E-state index in [0.29, 0.717) is 5.82 Å². The second kappa shape index (κ2) is 6.31. The van der Waals surface area contributed by atoms with Crippen LogP contribution in [-0.2, 0) is 4.79 Å². The van der Waals surface area contributed by atoms with Crippen molar-refractivity contribution in [1.82, 2.24) is 25.8 Å². The van der Waals surface area contributed by atoms with E-state index in [1.54, 1.807) is 6.92 Å². The number of amides is 2. The van der Waals surface area contributed by atoms with E-state index in [9.17, 15) is 9.59 Å². The Labute approximate surface area is 112 Å². The molecule has 1 aromatic heterocycles. The number of hydrogen-bond acceptors (Lipinski definition) is 4. The summed E-state index contributed by atoms with van der Waals surface area (Å²) in [4.78, 5) is 27.6. The van der Waals surface area contributed by atoms with E-state index in [2.05, 4.69) is 25.8 Å². The lowest BCUT2D eigenvalue weighted by Gasteiger charge is -2.14. The first-order chi connectivity index (χ1) is 8.81. The summed E-state index contributed by atoms with van der Waals surface area (Å²) in [6, 6.07) is -0.598. The monoisotopic (exact) mass is 267 g/mol. The number of hydrogen-bond donors (Lipinski definition) is 3. The van der Waals surface area contributed by atoms with E-state index in [4.69, 9.17) is 0 Å². The third-order valence-corrected chi connectivity index (χ3v) is 2.42. The van der Waals surface area contributed by atoms with E-state index in [1.165, 1.54) is 0 Å². The molecule has 0 saturated heterocycles. The fourth-order valence-corrected chi connectivity index (χ4v) is 1.37. The van der Waals surface area contributed by atoms with Crippen molar-refractivity contribution in [2.24, 2.45) is 0 Å². The normalized spacial score (nSPS) is 12.6. The van der Waals surface area contributed by atoms with Crippen LogP contribution in [0.2, 0.25) is 0 Å². The fraction of sp³-hybridized carbons (Fsp3) is 0.667. The van der Waals surface area contributed by atoms with Crippen molar-refractivity contribution in [3.8, 4) is 0 Å². The molecule has 1 aromatic rings. The van der Waals surface area contributed by atoms with Crippen LogP contribution in [0.15, 0.2) is 0 Å². The summed E-state index contributed by atoms with van der Waals surface area (Å²) in [5.74, 6) is 0.158. The first kappa shape index (κ1) is 15.1. The Hall–Kier alpha value is -1.92. The van der Waals surface area contributed by atoms with Gasteiger partial charge in [-0.25, -0.2) is 4.98 Å². The quantitative estimate of drug-likeness (QED) is 0.726. The maximum Gasteiger partial charge on any atom is 0.291 e. The SMILES string of the molecule is CC(C)NC(=O)C(C)NC(=O)c1n[nH]c(C(C)C)n1. The first-order valence-electron chi connectivity index (χ1n) is 6.34. The van der Waals surface area contributed by atoms with Gasteiger partial charge < -0.3 is 10.6 Å². The fourth-order valence-electron chi connectivity index (χ4n) is 1.37. The zero-order valence-corrected chi connectivity index (χ0v) is 11.9. The predicted octanol–water partition coefficient (Wildman–Crippen LogP) is 0.571. The molecule has 0 aliphatic heterocycles. The zero-order chi connectivity index (χ0) is 14.6. The number of carbonyl (C=O) groups is 2. The van der Waals surface area contributed by atoms with Crippen molar-refractivity contribution >= 4 is 11.8 Å². The highest BCUT2D eigenvalue weighted by Crippen LogP contribution is 2.07. The summed E-state index contributed by atoms with van der Waals surface area (Å²) in [7, 11) is 0. The number of aromatic nitrogens is 3. The molecule has 19 heavy (non-hydrogen) atoms. The third-order valence-electron chi connectivity index (χ3n) is 2.42. The molecule has 0 saturated carbocycles. The molecule has 0 fully saturated rings. The second-order valence-corrected chi connectivity index (χ2v) is 5.06. The third kappa shape index (κ3) is 4.35. The van der Waals surface area contributed by atoms with Crippen LogP contribution in [0, 0.1) is 0 Å². The average Bonchev–Trinajstić information content (AvgIpc) is 2.77. The van der Waals surface area contributed by atoms with E-state index in [-0.39, 0.29) is 23.7 Å². The van der Waals surface area contributed by atoms with Crippen LogP contribution in [0.5, 0.6) is 0 Å². The highest BCUT2D eigenvalue weighted by atomic mass is 16.2. The van der Waals surface area contributed by atoms with Crippen molar-refractivity contribution in [3.63, 3.8) is 0 Å². The van der Waals surface area contributed by atoms with Crippen LogP contribution in [0.3, 0.4) is 0 Å². The molecule has 0 radical (unpaired) electrons. The molecular formula is C12H21N5O2. The van der Waals surface area contributed by atoms with Gasteiger partial charge in [-0.1, -0.05) is 13.8 Å². The lowest BCUT2D eigenvalue weighted by Crippen LogP contribution is -2.47. The van der Waals surface area contributed by atoms with Gasteiger partial charge in [-0.05, 0) is 20.8 Å². The Morgan fingerprint density at radius 1 is 1.11 bits per heavy atom. The predicted molar refractivity (Wildman–Crippen MR) is 70.7 cm³/mol. The highest BCUT2D eigenvalue weighted by molar-refractivity contribution is 5.94. The smallest absolute Gasteiger partial charge is 0.291 e. The van der Waals surface area contributed by atoms with Crippen LogP contribution < -0.4 is 10.6 Å². The molecule has 0 aliphatic rings. The molecule has 0 bridgehead atoms. The van der Waals surface area contributed by atoms with E-state index < -0.39 is 11.9 Å². The average molecular weight is 267 g/mol. The Morgan fingerprint density at radius 2 is 1.74 bits per heavy atom. The van der Waals surface area contributed by atoms with Gasteiger partial charge in [0.05, 0.1) is 0 Å². The minimum absolute atomic E-state index is 0.0305. The summed E-state index contributed by atoms with van der Waals surface area (Å²) in [6.45, 7) is 9.22. The summed E-state index contributed by atoms with van der Waals surface area (Å²) >= 11 is 0. The molecule has 2 amide bonds. The Kier molecular flexibility index (Phi) is 5.02. The minimum Gasteiger partial charge on any atom is -0.352 e. The number of nitrogens with one attached hydrogen (secondary N) is 3. The van der Waals surface area contributed by atoms with Gasteiger partial charge in [-0.15, -0.1) is 5.10 Å². The van der Waals surface area contributed by atoms with Gasteiger partial charge in [0.25, 0.3) is 5.91 Å². The summed E-state index contributed by atoms with van der Waals surface area (Å²) in [5.41, 5.74) is 0.